The summed E-state index contributed by atoms with van der Waals surface area (Å²) in [6.07, 6.45) is 11.0. The summed E-state index contributed by atoms with van der Waals surface area (Å²) < 4.78 is 0. The first kappa shape index (κ1) is 18.5. The van der Waals surface area contributed by atoms with Gasteiger partial charge in [-0.2, -0.15) is 5.26 Å². The third kappa shape index (κ3) is 4.47. The van der Waals surface area contributed by atoms with E-state index in [1.807, 2.05) is 12.1 Å². The monoisotopic (exact) mass is 346 g/mol. The van der Waals surface area contributed by atoms with Gasteiger partial charge in [0.25, 0.3) is 0 Å². The summed E-state index contributed by atoms with van der Waals surface area (Å²) in [4.78, 5) is 0. The summed E-state index contributed by atoms with van der Waals surface area (Å²) in [6.45, 7) is 2.28. The first-order chi connectivity index (χ1) is 12.7. The number of anilines is 1. The summed E-state index contributed by atoms with van der Waals surface area (Å²) in [6, 6.07) is 16.8. The van der Waals surface area contributed by atoms with Crippen molar-refractivity contribution >= 4 is 5.69 Å². The Bertz CT molecular complexity index is 747. The van der Waals surface area contributed by atoms with Crippen LogP contribution in [0.4, 0.5) is 5.69 Å². The fraction of sp³-hybridized carbons (Fsp3) is 0.458. The van der Waals surface area contributed by atoms with Crippen LogP contribution < -0.4 is 5.73 Å². The van der Waals surface area contributed by atoms with Gasteiger partial charge >= 0.3 is 0 Å². The highest BCUT2D eigenvalue weighted by Crippen LogP contribution is 2.38. The Balaban J connectivity index is 1.60. The van der Waals surface area contributed by atoms with Gasteiger partial charge in [0.15, 0.2) is 0 Å². The predicted molar refractivity (Wildman–Crippen MR) is 110 cm³/mol. The number of nitrogens with zero attached hydrogens (tertiary/aromatic N) is 1. The molecule has 1 aliphatic rings. The third-order valence-corrected chi connectivity index (χ3v) is 5.95. The molecule has 1 aliphatic carbocycles. The van der Waals surface area contributed by atoms with Crippen molar-refractivity contribution in [2.24, 2.45) is 5.92 Å². The summed E-state index contributed by atoms with van der Waals surface area (Å²) in [5, 5.41) is 9.01. The van der Waals surface area contributed by atoms with Crippen molar-refractivity contribution in [1.29, 1.82) is 5.26 Å². The smallest absolute Gasteiger partial charge is 0.101 e. The van der Waals surface area contributed by atoms with Crippen molar-refractivity contribution in [3.05, 3.63) is 53.6 Å². The fourth-order valence-corrected chi connectivity index (χ4v) is 4.26. The van der Waals surface area contributed by atoms with Crippen LogP contribution in [0.15, 0.2) is 42.5 Å². The lowest BCUT2D eigenvalue weighted by Gasteiger charge is -2.29. The maximum Gasteiger partial charge on any atom is 0.101 e. The van der Waals surface area contributed by atoms with E-state index in [1.165, 1.54) is 56.9 Å². The Morgan fingerprint density at radius 3 is 2.27 bits per heavy atom. The van der Waals surface area contributed by atoms with Gasteiger partial charge in [0.05, 0.1) is 11.3 Å². The Morgan fingerprint density at radius 2 is 1.65 bits per heavy atom. The number of unbranched alkanes of at least 4 members (excludes halogenated alkanes) is 2. The number of rotatable bonds is 6. The number of nitriles is 1. The molecule has 2 heteroatoms. The molecule has 3 rings (SSSR count). The molecule has 0 aliphatic heterocycles. The van der Waals surface area contributed by atoms with E-state index < -0.39 is 0 Å². The molecular formula is C24H30N2. The molecule has 0 spiro atoms. The van der Waals surface area contributed by atoms with Gasteiger partial charge in [-0.05, 0) is 66.3 Å². The van der Waals surface area contributed by atoms with Gasteiger partial charge in [0, 0.05) is 0 Å². The van der Waals surface area contributed by atoms with Gasteiger partial charge in [0.2, 0.25) is 0 Å². The third-order valence-electron chi connectivity index (χ3n) is 5.95. The van der Waals surface area contributed by atoms with Crippen LogP contribution in [-0.2, 0) is 0 Å². The van der Waals surface area contributed by atoms with E-state index in [0.717, 1.165) is 23.0 Å². The summed E-state index contributed by atoms with van der Waals surface area (Å²) in [5.41, 5.74) is 10.8. The molecule has 0 unspecified atom stereocenters. The average molecular weight is 347 g/mol. The zero-order valence-corrected chi connectivity index (χ0v) is 15.9. The highest BCUT2D eigenvalue weighted by atomic mass is 14.6. The number of benzene rings is 2. The topological polar surface area (TPSA) is 49.8 Å². The number of nitrogen functional groups attached to an aromatic ring is 1. The van der Waals surface area contributed by atoms with Crippen molar-refractivity contribution < 1.29 is 0 Å². The largest absolute Gasteiger partial charge is 0.398 e. The minimum atomic E-state index is 0.543. The van der Waals surface area contributed by atoms with Crippen LogP contribution >= 0.6 is 0 Å². The molecule has 2 nitrogen and oxygen atoms in total. The first-order valence-corrected chi connectivity index (χ1v) is 10.1. The molecular weight excluding hydrogens is 316 g/mol. The Kier molecular flexibility index (Phi) is 6.34. The van der Waals surface area contributed by atoms with Crippen molar-refractivity contribution in [2.75, 3.05) is 5.73 Å². The summed E-state index contributed by atoms with van der Waals surface area (Å²) >= 11 is 0. The first-order valence-electron chi connectivity index (χ1n) is 10.1. The van der Waals surface area contributed by atoms with Gasteiger partial charge in [-0.3, -0.25) is 0 Å². The highest BCUT2D eigenvalue weighted by Gasteiger charge is 2.22. The van der Waals surface area contributed by atoms with Crippen molar-refractivity contribution in [3.8, 4) is 17.2 Å². The minimum Gasteiger partial charge on any atom is -0.398 e. The van der Waals surface area contributed by atoms with E-state index in [4.69, 9.17) is 11.0 Å². The van der Waals surface area contributed by atoms with E-state index in [9.17, 15) is 0 Å². The number of hydrogen-bond donors (Lipinski definition) is 1. The molecule has 2 N–H and O–H groups in total. The van der Waals surface area contributed by atoms with E-state index in [-0.39, 0.29) is 0 Å². The lowest BCUT2D eigenvalue weighted by molar-refractivity contribution is 0.303. The Morgan fingerprint density at radius 1 is 0.962 bits per heavy atom. The highest BCUT2D eigenvalue weighted by molar-refractivity contribution is 5.70. The van der Waals surface area contributed by atoms with E-state index >= 15 is 0 Å². The summed E-state index contributed by atoms with van der Waals surface area (Å²) in [5.74, 6) is 1.68. The molecule has 0 amide bonds. The second-order valence-electron chi connectivity index (χ2n) is 7.75. The van der Waals surface area contributed by atoms with Gasteiger partial charge in [-0.25, -0.2) is 0 Å². The van der Waals surface area contributed by atoms with E-state index in [2.05, 4.69) is 37.3 Å². The second kappa shape index (κ2) is 8.90. The Labute approximate surface area is 158 Å². The molecule has 26 heavy (non-hydrogen) atoms. The minimum absolute atomic E-state index is 0.543. The van der Waals surface area contributed by atoms with Crippen LogP contribution in [0.5, 0.6) is 0 Å². The van der Waals surface area contributed by atoms with Crippen LogP contribution in [0.1, 0.15) is 75.3 Å². The van der Waals surface area contributed by atoms with E-state index in [1.54, 1.807) is 6.07 Å². The van der Waals surface area contributed by atoms with Gasteiger partial charge < -0.3 is 5.73 Å². The molecule has 0 bridgehead atoms. The van der Waals surface area contributed by atoms with Crippen molar-refractivity contribution in [3.63, 3.8) is 0 Å². The number of nitrogens with two attached hydrogens (primary N) is 1. The molecule has 136 valence electrons. The van der Waals surface area contributed by atoms with Crippen molar-refractivity contribution in [2.45, 2.75) is 64.2 Å². The van der Waals surface area contributed by atoms with Crippen LogP contribution in [0, 0.1) is 17.2 Å². The van der Waals surface area contributed by atoms with Crippen LogP contribution in [0.3, 0.4) is 0 Å². The maximum atomic E-state index is 9.01. The molecule has 0 radical (unpaired) electrons. The molecule has 0 heterocycles. The SMILES string of the molecule is CCCCCC1CCC(c2ccc(-c3ccc(C#N)c(N)c3)cc2)CC1. The number of hydrogen-bond acceptors (Lipinski definition) is 2. The van der Waals surface area contributed by atoms with Crippen LogP contribution in [0.25, 0.3) is 11.1 Å². The lowest BCUT2D eigenvalue weighted by atomic mass is 9.77. The van der Waals surface area contributed by atoms with Gasteiger partial charge in [0.1, 0.15) is 6.07 Å². The average Bonchev–Trinajstić information content (AvgIpc) is 2.69. The molecule has 1 fully saturated rings. The normalized spacial score (nSPS) is 19.8. The standard InChI is InChI=1S/C24H30N2/c1-2-3-4-5-18-6-8-19(9-7-18)20-10-12-21(13-11-20)22-14-15-23(17-25)24(26)16-22/h10-16,18-19H,2-9,26H2,1H3. The zero-order valence-electron chi connectivity index (χ0n) is 15.9. The predicted octanol–water partition coefficient (Wildman–Crippen LogP) is 6.66. The zero-order chi connectivity index (χ0) is 18.4. The molecule has 2 aromatic carbocycles. The van der Waals surface area contributed by atoms with Gasteiger partial charge in [-0.1, -0.05) is 62.9 Å². The van der Waals surface area contributed by atoms with Crippen LogP contribution in [-0.4, -0.2) is 0 Å². The molecule has 0 atom stereocenters. The molecule has 1 saturated carbocycles. The fourth-order valence-electron chi connectivity index (χ4n) is 4.26. The lowest BCUT2D eigenvalue weighted by Crippen LogP contribution is -2.13. The quantitative estimate of drug-likeness (QED) is 0.469. The van der Waals surface area contributed by atoms with Crippen molar-refractivity contribution in [1.82, 2.24) is 0 Å². The van der Waals surface area contributed by atoms with Crippen LogP contribution in [0.2, 0.25) is 0 Å². The summed E-state index contributed by atoms with van der Waals surface area (Å²) in [7, 11) is 0. The maximum absolute atomic E-state index is 9.01. The molecule has 0 saturated heterocycles. The molecule has 2 aromatic rings. The Hall–Kier alpha value is -2.27. The van der Waals surface area contributed by atoms with Gasteiger partial charge in [-0.15, -0.1) is 0 Å². The second-order valence-corrected chi connectivity index (χ2v) is 7.75. The van der Waals surface area contributed by atoms with E-state index in [0.29, 0.717) is 11.3 Å². The molecule has 0 aromatic heterocycles.